The predicted molar refractivity (Wildman–Crippen MR) is 99.1 cm³/mol. The van der Waals surface area contributed by atoms with Gasteiger partial charge in [-0.2, -0.15) is 0 Å². The molecule has 1 saturated heterocycles. The van der Waals surface area contributed by atoms with Crippen molar-refractivity contribution in [1.29, 1.82) is 0 Å². The molecule has 0 aromatic heterocycles. The number of carbonyl (C=O) groups excluding carboxylic acids is 3. The summed E-state index contributed by atoms with van der Waals surface area (Å²) in [6, 6.07) is 8.08. The zero-order chi connectivity index (χ0) is 18.8. The number of hydrogen-bond acceptors (Lipinski definition) is 3. The van der Waals surface area contributed by atoms with Crippen molar-refractivity contribution in [3.8, 4) is 0 Å². The Labute approximate surface area is 155 Å². The standard InChI is InChI=1S/C21H28N2O3/c1-14-8-10-16(11-9-14)15(2)22(3)19(24)12-13-23-20(25)17-6-4-5-7-18(17)21(23)26/h8-11,15,17-18H,4-7,12-13H2,1-3H3. The highest BCUT2D eigenvalue weighted by atomic mass is 16.2. The molecule has 5 nitrogen and oxygen atoms in total. The molecule has 3 unspecified atom stereocenters. The number of hydrogen-bond donors (Lipinski definition) is 0. The van der Waals surface area contributed by atoms with E-state index in [1.165, 1.54) is 10.5 Å². The van der Waals surface area contributed by atoms with Gasteiger partial charge in [-0.1, -0.05) is 42.7 Å². The van der Waals surface area contributed by atoms with Crippen molar-refractivity contribution in [3.05, 3.63) is 35.4 Å². The molecule has 1 aliphatic carbocycles. The Morgan fingerprint density at radius 3 is 2.19 bits per heavy atom. The second-order valence-corrected chi connectivity index (χ2v) is 7.67. The number of likely N-dealkylation sites (tertiary alicyclic amines) is 1. The average molecular weight is 356 g/mol. The Morgan fingerprint density at radius 2 is 1.65 bits per heavy atom. The number of aryl methyl sites for hydroxylation is 1. The third-order valence-corrected chi connectivity index (χ3v) is 6.02. The summed E-state index contributed by atoms with van der Waals surface area (Å²) in [5.41, 5.74) is 2.26. The fourth-order valence-electron chi connectivity index (χ4n) is 4.12. The van der Waals surface area contributed by atoms with E-state index in [1.807, 2.05) is 38.1 Å². The predicted octanol–water partition coefficient (Wildman–Crippen LogP) is 3.08. The zero-order valence-electron chi connectivity index (χ0n) is 15.9. The van der Waals surface area contributed by atoms with Crippen molar-refractivity contribution in [2.24, 2.45) is 11.8 Å². The molecule has 2 fully saturated rings. The molecule has 1 heterocycles. The van der Waals surface area contributed by atoms with E-state index >= 15 is 0 Å². The Balaban J connectivity index is 1.58. The van der Waals surface area contributed by atoms with E-state index in [-0.39, 0.29) is 48.6 Å². The van der Waals surface area contributed by atoms with Gasteiger partial charge in [-0.3, -0.25) is 19.3 Å². The molecule has 3 amide bonds. The molecule has 3 atom stereocenters. The normalized spacial score (nSPS) is 23.7. The fraction of sp³-hybridized carbons (Fsp3) is 0.571. The number of rotatable bonds is 5. The van der Waals surface area contributed by atoms with Crippen LogP contribution in [0.25, 0.3) is 0 Å². The summed E-state index contributed by atoms with van der Waals surface area (Å²) in [6.07, 6.45) is 3.84. The lowest BCUT2D eigenvalue weighted by Gasteiger charge is -2.26. The van der Waals surface area contributed by atoms with E-state index in [0.717, 1.165) is 31.2 Å². The summed E-state index contributed by atoms with van der Waals surface area (Å²) in [5.74, 6) is -0.469. The minimum atomic E-state index is -0.143. The molecule has 1 aliphatic heterocycles. The van der Waals surface area contributed by atoms with E-state index in [4.69, 9.17) is 0 Å². The van der Waals surface area contributed by atoms with Crippen LogP contribution in [0.2, 0.25) is 0 Å². The largest absolute Gasteiger partial charge is 0.339 e. The van der Waals surface area contributed by atoms with Gasteiger partial charge in [0.25, 0.3) is 0 Å². The number of fused-ring (bicyclic) bond motifs is 1. The summed E-state index contributed by atoms with van der Waals surface area (Å²) < 4.78 is 0. The lowest BCUT2D eigenvalue weighted by molar-refractivity contribution is -0.141. The second kappa shape index (κ2) is 7.60. The molecule has 26 heavy (non-hydrogen) atoms. The van der Waals surface area contributed by atoms with Crippen molar-refractivity contribution in [2.75, 3.05) is 13.6 Å². The summed E-state index contributed by atoms with van der Waals surface area (Å²) in [6.45, 7) is 4.22. The molecule has 1 saturated carbocycles. The van der Waals surface area contributed by atoms with E-state index in [0.29, 0.717) is 0 Å². The average Bonchev–Trinajstić information content (AvgIpc) is 2.90. The minimum Gasteiger partial charge on any atom is -0.339 e. The molecule has 2 aliphatic rings. The van der Waals surface area contributed by atoms with Gasteiger partial charge in [0.15, 0.2) is 0 Å². The van der Waals surface area contributed by atoms with Crippen LogP contribution >= 0.6 is 0 Å². The Morgan fingerprint density at radius 1 is 1.12 bits per heavy atom. The molecule has 0 radical (unpaired) electrons. The first-order valence-corrected chi connectivity index (χ1v) is 9.57. The van der Waals surface area contributed by atoms with Crippen molar-refractivity contribution >= 4 is 17.7 Å². The van der Waals surface area contributed by atoms with Gasteiger partial charge in [-0.15, -0.1) is 0 Å². The van der Waals surface area contributed by atoms with Gasteiger partial charge in [0.2, 0.25) is 17.7 Å². The summed E-state index contributed by atoms with van der Waals surface area (Å²) in [5, 5.41) is 0. The smallest absolute Gasteiger partial charge is 0.233 e. The Bertz CT molecular complexity index is 674. The van der Waals surface area contributed by atoms with E-state index in [1.54, 1.807) is 11.9 Å². The monoisotopic (exact) mass is 356 g/mol. The van der Waals surface area contributed by atoms with Gasteiger partial charge < -0.3 is 4.90 Å². The van der Waals surface area contributed by atoms with Crippen LogP contribution in [0.5, 0.6) is 0 Å². The minimum absolute atomic E-state index is 0.0457. The van der Waals surface area contributed by atoms with E-state index < -0.39 is 0 Å². The van der Waals surface area contributed by atoms with Crippen LogP contribution in [-0.2, 0) is 14.4 Å². The molecule has 140 valence electrons. The quantitative estimate of drug-likeness (QED) is 0.762. The molecule has 0 bridgehead atoms. The highest BCUT2D eigenvalue weighted by Gasteiger charge is 2.47. The van der Waals surface area contributed by atoms with E-state index in [9.17, 15) is 14.4 Å². The summed E-state index contributed by atoms with van der Waals surface area (Å²) in [4.78, 5) is 40.6. The van der Waals surface area contributed by atoms with Crippen molar-refractivity contribution in [1.82, 2.24) is 9.80 Å². The van der Waals surface area contributed by atoms with Crippen molar-refractivity contribution in [2.45, 2.75) is 52.0 Å². The van der Waals surface area contributed by atoms with Crippen LogP contribution in [0.15, 0.2) is 24.3 Å². The maximum Gasteiger partial charge on any atom is 0.233 e. The summed E-state index contributed by atoms with van der Waals surface area (Å²) >= 11 is 0. The maximum atomic E-state index is 12.6. The molecule has 3 rings (SSSR count). The number of carbonyl (C=O) groups is 3. The number of imide groups is 1. The lowest BCUT2D eigenvalue weighted by Crippen LogP contribution is -2.36. The number of benzene rings is 1. The first-order valence-electron chi connectivity index (χ1n) is 9.57. The third-order valence-electron chi connectivity index (χ3n) is 6.02. The molecule has 0 spiro atoms. The molecular formula is C21H28N2O3. The Hall–Kier alpha value is -2.17. The number of amides is 3. The van der Waals surface area contributed by atoms with Crippen LogP contribution in [0.3, 0.4) is 0 Å². The van der Waals surface area contributed by atoms with Crippen LogP contribution in [0.1, 0.15) is 56.2 Å². The highest BCUT2D eigenvalue weighted by molar-refractivity contribution is 6.05. The molecule has 1 aromatic carbocycles. The third kappa shape index (κ3) is 3.53. The van der Waals surface area contributed by atoms with Gasteiger partial charge >= 0.3 is 0 Å². The van der Waals surface area contributed by atoms with Gasteiger partial charge in [0.05, 0.1) is 17.9 Å². The molecule has 5 heteroatoms. The first kappa shape index (κ1) is 18.6. The van der Waals surface area contributed by atoms with Crippen LogP contribution in [0, 0.1) is 18.8 Å². The van der Waals surface area contributed by atoms with Crippen molar-refractivity contribution < 1.29 is 14.4 Å². The number of nitrogens with zero attached hydrogens (tertiary/aromatic N) is 2. The van der Waals surface area contributed by atoms with E-state index in [2.05, 4.69) is 0 Å². The van der Waals surface area contributed by atoms with Crippen LogP contribution in [0.4, 0.5) is 0 Å². The van der Waals surface area contributed by atoms with Crippen LogP contribution in [-0.4, -0.2) is 41.1 Å². The molecular weight excluding hydrogens is 328 g/mol. The SMILES string of the molecule is Cc1ccc(C(C)N(C)C(=O)CCN2C(=O)C3CCCCC3C2=O)cc1. The topological polar surface area (TPSA) is 57.7 Å². The molecule has 0 N–H and O–H groups in total. The first-order chi connectivity index (χ1) is 12.4. The van der Waals surface area contributed by atoms with Gasteiger partial charge in [-0.05, 0) is 32.3 Å². The summed E-state index contributed by atoms with van der Waals surface area (Å²) in [7, 11) is 1.78. The maximum absolute atomic E-state index is 12.6. The Kier molecular flexibility index (Phi) is 5.44. The van der Waals surface area contributed by atoms with Gasteiger partial charge in [0, 0.05) is 20.0 Å². The highest BCUT2D eigenvalue weighted by Crippen LogP contribution is 2.38. The van der Waals surface area contributed by atoms with Gasteiger partial charge in [0.1, 0.15) is 0 Å². The lowest BCUT2D eigenvalue weighted by atomic mass is 9.81. The van der Waals surface area contributed by atoms with Gasteiger partial charge in [-0.25, -0.2) is 0 Å². The zero-order valence-corrected chi connectivity index (χ0v) is 15.9. The van der Waals surface area contributed by atoms with Crippen molar-refractivity contribution in [3.63, 3.8) is 0 Å². The molecule has 1 aromatic rings. The van der Waals surface area contributed by atoms with Crippen LogP contribution < -0.4 is 0 Å². The second-order valence-electron chi connectivity index (χ2n) is 7.67. The fourth-order valence-corrected chi connectivity index (χ4v) is 4.12.